The van der Waals surface area contributed by atoms with E-state index in [2.05, 4.69) is 22.0 Å². The van der Waals surface area contributed by atoms with Crippen LogP contribution in [-0.2, 0) is 9.47 Å². The van der Waals surface area contributed by atoms with Gasteiger partial charge in [-0.3, -0.25) is 9.36 Å². The summed E-state index contributed by atoms with van der Waals surface area (Å²) in [7, 11) is 3.70. The molecule has 0 fully saturated rings. The van der Waals surface area contributed by atoms with Gasteiger partial charge in [0.2, 0.25) is 0 Å². The van der Waals surface area contributed by atoms with Crippen molar-refractivity contribution in [2.75, 3.05) is 32.2 Å². The van der Waals surface area contributed by atoms with E-state index < -0.39 is 0 Å². The number of benzene rings is 2. The van der Waals surface area contributed by atoms with Crippen LogP contribution in [-0.4, -0.2) is 43.0 Å². The number of anilines is 1. The van der Waals surface area contributed by atoms with Gasteiger partial charge in [-0.05, 0) is 48.0 Å². The molecule has 1 aliphatic rings. The van der Waals surface area contributed by atoms with Gasteiger partial charge < -0.3 is 14.4 Å². The summed E-state index contributed by atoms with van der Waals surface area (Å²) in [5, 5.41) is 0.678. The molecular weight excluding hydrogens is 494 g/mol. The molecule has 0 aliphatic heterocycles. The molecule has 1 aliphatic carbocycles. The van der Waals surface area contributed by atoms with E-state index in [0.717, 1.165) is 34.1 Å². The normalized spacial score (nSPS) is 15.5. The number of aromatic nitrogens is 2. The van der Waals surface area contributed by atoms with Gasteiger partial charge in [-0.25, -0.2) is 4.98 Å². The summed E-state index contributed by atoms with van der Waals surface area (Å²) < 4.78 is 14.0. The summed E-state index contributed by atoms with van der Waals surface area (Å²) in [4.78, 5) is 21.0. The van der Waals surface area contributed by atoms with E-state index in [1.807, 2.05) is 67.7 Å². The van der Waals surface area contributed by atoms with Gasteiger partial charge in [-0.15, -0.1) is 11.3 Å². The van der Waals surface area contributed by atoms with Gasteiger partial charge in [0.05, 0.1) is 12.1 Å². The molecule has 2 aromatic carbocycles. The fraction of sp³-hybridized carbons (Fsp3) is 0.214. The van der Waals surface area contributed by atoms with Crippen molar-refractivity contribution in [2.45, 2.75) is 12.5 Å². The number of hydrogen-bond donors (Lipinski definition) is 0. The largest absolute Gasteiger partial charge is 0.493 e. The van der Waals surface area contributed by atoms with Crippen LogP contribution >= 0.6 is 22.9 Å². The second-order valence-electron chi connectivity index (χ2n) is 8.51. The Morgan fingerprint density at radius 3 is 2.67 bits per heavy atom. The molecule has 0 saturated carbocycles. The van der Waals surface area contributed by atoms with Crippen molar-refractivity contribution in [3.8, 4) is 10.4 Å². The molecule has 6 nitrogen and oxygen atoms in total. The van der Waals surface area contributed by atoms with Crippen LogP contribution in [0.25, 0.3) is 26.4 Å². The monoisotopic (exact) mass is 519 g/mol. The third-order valence-electron chi connectivity index (χ3n) is 6.20. The fourth-order valence-electron chi connectivity index (χ4n) is 4.15. The van der Waals surface area contributed by atoms with E-state index in [9.17, 15) is 4.79 Å². The van der Waals surface area contributed by atoms with Gasteiger partial charge in [0, 0.05) is 41.9 Å². The highest BCUT2D eigenvalue weighted by Gasteiger charge is 2.23. The van der Waals surface area contributed by atoms with E-state index >= 15 is 0 Å². The molecule has 0 bridgehead atoms. The number of likely N-dealkylation sites (N-methyl/N-ethyl adjacent to an activating group) is 1. The van der Waals surface area contributed by atoms with E-state index in [-0.39, 0.29) is 11.7 Å². The quantitative estimate of drug-likeness (QED) is 0.282. The lowest BCUT2D eigenvalue weighted by Crippen LogP contribution is -2.28. The van der Waals surface area contributed by atoms with Crippen molar-refractivity contribution in [1.82, 2.24) is 9.55 Å². The first kappa shape index (κ1) is 24.3. The molecule has 8 heteroatoms. The first-order valence-corrected chi connectivity index (χ1v) is 12.8. The molecule has 0 N–H and O–H groups in total. The lowest BCUT2D eigenvalue weighted by atomic mass is 10.1. The summed E-state index contributed by atoms with van der Waals surface area (Å²) in [6, 6.07) is 19.7. The molecule has 1 atom stereocenters. The first-order chi connectivity index (χ1) is 17.5. The number of allylic oxidation sites excluding steroid dienone is 2. The molecule has 36 heavy (non-hydrogen) atoms. The molecule has 2 aromatic heterocycles. The molecule has 184 valence electrons. The molecule has 0 spiro atoms. The third-order valence-corrected chi connectivity index (χ3v) is 7.62. The zero-order valence-electron chi connectivity index (χ0n) is 20.1. The van der Waals surface area contributed by atoms with Gasteiger partial charge in [-0.1, -0.05) is 41.9 Å². The standard InChI is InChI=1S/C28H26ClN3O3S/c1-31(21-6-4-3-5-7-21)14-15-35-24-13-12-22(16-25(24)34-2)32-18-30-23-17-26(36-27(23)28(32)33)19-8-10-20(29)11-9-19/h3-13,17-18,25H,14-16H2,1-2H3. The Balaban J connectivity index is 1.34. The Hall–Kier alpha value is -3.39. The smallest absolute Gasteiger partial charge is 0.275 e. The third kappa shape index (κ3) is 5.09. The minimum atomic E-state index is -0.275. The summed E-state index contributed by atoms with van der Waals surface area (Å²) in [6.07, 6.45) is 5.63. The maximum Gasteiger partial charge on any atom is 0.275 e. The lowest BCUT2D eigenvalue weighted by molar-refractivity contribution is 0.0660. The number of halogens is 1. The molecule has 4 aromatic rings. The second kappa shape index (κ2) is 10.7. The van der Waals surface area contributed by atoms with Gasteiger partial charge in [0.25, 0.3) is 5.56 Å². The number of para-hydroxylation sites is 1. The average molecular weight is 520 g/mol. The Kier molecular flexibility index (Phi) is 7.23. The average Bonchev–Trinajstić information content (AvgIpc) is 3.35. The number of nitrogens with zero attached hydrogens (tertiary/aromatic N) is 3. The van der Waals surface area contributed by atoms with Crippen molar-refractivity contribution in [2.24, 2.45) is 0 Å². The SMILES string of the molecule is COC1CC(n2cnc3cc(-c4ccc(Cl)cc4)sc3c2=O)=CC=C1OCCN(C)c1ccccc1. The minimum Gasteiger partial charge on any atom is -0.493 e. The Morgan fingerprint density at radius 2 is 1.92 bits per heavy atom. The highest BCUT2D eigenvalue weighted by molar-refractivity contribution is 7.22. The van der Waals surface area contributed by atoms with Crippen LogP contribution in [0.4, 0.5) is 5.69 Å². The maximum atomic E-state index is 13.4. The Morgan fingerprint density at radius 1 is 1.14 bits per heavy atom. The zero-order valence-corrected chi connectivity index (χ0v) is 21.6. The van der Waals surface area contributed by atoms with Crippen molar-refractivity contribution in [3.05, 3.63) is 100 Å². The minimum absolute atomic E-state index is 0.0893. The van der Waals surface area contributed by atoms with Crippen LogP contribution in [0.2, 0.25) is 5.02 Å². The van der Waals surface area contributed by atoms with E-state index in [1.54, 1.807) is 18.0 Å². The van der Waals surface area contributed by atoms with Gasteiger partial charge in [0.1, 0.15) is 29.5 Å². The number of fused-ring (bicyclic) bond motifs is 1. The predicted molar refractivity (Wildman–Crippen MR) is 148 cm³/mol. The summed E-state index contributed by atoms with van der Waals surface area (Å²) in [5.74, 6) is 0.756. The van der Waals surface area contributed by atoms with Crippen LogP contribution in [0.1, 0.15) is 6.42 Å². The van der Waals surface area contributed by atoms with Crippen molar-refractivity contribution in [1.29, 1.82) is 0 Å². The molecule has 1 unspecified atom stereocenters. The highest BCUT2D eigenvalue weighted by atomic mass is 35.5. The van der Waals surface area contributed by atoms with Gasteiger partial charge >= 0.3 is 0 Å². The molecule has 0 amide bonds. The Labute approximate surface area is 218 Å². The number of hydrogen-bond acceptors (Lipinski definition) is 6. The van der Waals surface area contributed by atoms with Crippen LogP contribution < -0.4 is 10.5 Å². The van der Waals surface area contributed by atoms with Crippen LogP contribution in [0.3, 0.4) is 0 Å². The van der Waals surface area contributed by atoms with Crippen molar-refractivity contribution in [3.63, 3.8) is 0 Å². The zero-order chi connectivity index (χ0) is 25.1. The van der Waals surface area contributed by atoms with Gasteiger partial charge in [-0.2, -0.15) is 0 Å². The lowest BCUT2D eigenvalue weighted by Gasteiger charge is -2.26. The first-order valence-electron chi connectivity index (χ1n) is 11.6. The number of thiophene rings is 1. The maximum absolute atomic E-state index is 13.4. The highest BCUT2D eigenvalue weighted by Crippen LogP contribution is 2.32. The topological polar surface area (TPSA) is 56.6 Å². The van der Waals surface area contributed by atoms with Crippen LogP contribution in [0.15, 0.2) is 89.7 Å². The van der Waals surface area contributed by atoms with Crippen LogP contribution in [0.5, 0.6) is 0 Å². The Bertz CT molecular complexity index is 1480. The second-order valence-corrected chi connectivity index (χ2v) is 10.0. The summed E-state index contributed by atoms with van der Waals surface area (Å²) in [6.45, 7) is 1.26. The van der Waals surface area contributed by atoms with Crippen molar-refractivity contribution >= 4 is 44.5 Å². The molecule has 0 saturated heterocycles. The van der Waals surface area contributed by atoms with Crippen molar-refractivity contribution < 1.29 is 9.47 Å². The van der Waals surface area contributed by atoms with Gasteiger partial charge in [0.15, 0.2) is 0 Å². The molecular formula is C28H26ClN3O3S. The summed E-state index contributed by atoms with van der Waals surface area (Å²) >= 11 is 7.45. The molecule has 2 heterocycles. The summed E-state index contributed by atoms with van der Waals surface area (Å²) in [5.41, 5.74) is 3.56. The van der Waals surface area contributed by atoms with E-state index in [0.29, 0.717) is 28.3 Å². The fourth-order valence-corrected chi connectivity index (χ4v) is 5.32. The predicted octanol–water partition coefficient (Wildman–Crippen LogP) is 6.07. The number of rotatable bonds is 8. The molecule has 0 radical (unpaired) electrons. The van der Waals surface area contributed by atoms with Crippen LogP contribution in [0, 0.1) is 0 Å². The molecule has 5 rings (SSSR count). The number of ether oxygens (including phenoxy) is 2. The number of methoxy groups -OCH3 is 1. The van der Waals surface area contributed by atoms with E-state index in [4.69, 9.17) is 21.1 Å². The van der Waals surface area contributed by atoms with E-state index in [1.165, 1.54) is 11.3 Å².